The number of carboxylic acid groups (broad SMARTS) is 1. The van der Waals surface area contributed by atoms with Crippen LogP contribution in [-0.4, -0.2) is 41.4 Å². The van der Waals surface area contributed by atoms with Crippen molar-refractivity contribution in [2.45, 2.75) is 52.4 Å². The number of amides is 1. The summed E-state index contributed by atoms with van der Waals surface area (Å²) in [5, 5.41) is 17.2. The highest BCUT2D eigenvalue weighted by atomic mass is 16.5. The lowest BCUT2D eigenvalue weighted by Crippen LogP contribution is -2.35. The summed E-state index contributed by atoms with van der Waals surface area (Å²) in [4.78, 5) is 24.4. The van der Waals surface area contributed by atoms with Gasteiger partial charge in [0.25, 0.3) is 0 Å². The normalized spacial score (nSPS) is 10.5. The number of nitrogens with zero attached hydrogens (tertiary/aromatic N) is 1. The van der Waals surface area contributed by atoms with Gasteiger partial charge in [0, 0.05) is 25.8 Å². The first-order valence-corrected chi connectivity index (χ1v) is 10.7. The molecule has 0 fully saturated rings. The van der Waals surface area contributed by atoms with E-state index in [0.717, 1.165) is 35.1 Å². The molecule has 31 heavy (non-hydrogen) atoms. The van der Waals surface area contributed by atoms with Crippen molar-refractivity contribution in [2.24, 2.45) is 0 Å². The maximum absolute atomic E-state index is 11.9. The zero-order chi connectivity index (χ0) is 22.8. The van der Waals surface area contributed by atoms with E-state index < -0.39 is 5.97 Å². The van der Waals surface area contributed by atoms with Crippen molar-refractivity contribution in [3.63, 3.8) is 0 Å². The van der Waals surface area contributed by atoms with E-state index in [-0.39, 0.29) is 12.3 Å². The largest absolute Gasteiger partial charge is 0.496 e. The average molecular weight is 425 g/mol. The summed E-state index contributed by atoms with van der Waals surface area (Å²) in [6.45, 7) is 4.24. The molecule has 0 bridgehead atoms. The lowest BCUT2D eigenvalue weighted by atomic mass is 9.97. The van der Waals surface area contributed by atoms with Gasteiger partial charge in [0.15, 0.2) is 0 Å². The Bertz CT molecular complexity index is 923. The number of methoxy groups -OCH3 is 1. The van der Waals surface area contributed by atoms with Crippen molar-refractivity contribution >= 4 is 17.7 Å². The van der Waals surface area contributed by atoms with Gasteiger partial charge in [-0.15, -0.1) is 0 Å². The van der Waals surface area contributed by atoms with E-state index in [1.807, 2.05) is 44.2 Å². The Morgan fingerprint density at radius 2 is 1.77 bits per heavy atom. The van der Waals surface area contributed by atoms with Gasteiger partial charge in [-0.2, -0.15) is 0 Å². The molecule has 0 saturated carbocycles. The van der Waals surface area contributed by atoms with E-state index in [1.165, 1.54) is 0 Å². The number of aryl methyl sites for hydroxylation is 2. The predicted molar refractivity (Wildman–Crippen MR) is 123 cm³/mol. The molecule has 6 nitrogen and oxygen atoms in total. The van der Waals surface area contributed by atoms with Crippen molar-refractivity contribution in [2.75, 3.05) is 13.7 Å². The Labute approximate surface area is 184 Å². The summed E-state index contributed by atoms with van der Waals surface area (Å²) < 4.78 is 5.38. The molecule has 1 amide bonds. The van der Waals surface area contributed by atoms with Gasteiger partial charge >= 0.3 is 5.97 Å². The fourth-order valence-electron chi connectivity index (χ4n) is 3.61. The Morgan fingerprint density at radius 1 is 1.03 bits per heavy atom. The molecular weight excluding hydrogens is 392 g/mol. The van der Waals surface area contributed by atoms with Crippen LogP contribution in [0.15, 0.2) is 42.5 Å². The summed E-state index contributed by atoms with van der Waals surface area (Å²) in [5.41, 5.74) is 4.12. The summed E-state index contributed by atoms with van der Waals surface area (Å²) in [6, 6.07) is 14.1. The third-order valence-corrected chi connectivity index (χ3v) is 5.27. The van der Waals surface area contributed by atoms with Crippen molar-refractivity contribution in [1.82, 2.24) is 4.90 Å². The van der Waals surface area contributed by atoms with Gasteiger partial charge in [-0.05, 0) is 60.6 Å². The molecule has 2 N–H and O–H groups in total. The second-order valence-corrected chi connectivity index (χ2v) is 7.41. The Kier molecular flexibility index (Phi) is 9.25. The zero-order valence-electron chi connectivity index (χ0n) is 18.6. The Balaban J connectivity index is 2.08. The van der Waals surface area contributed by atoms with Gasteiger partial charge in [-0.3, -0.25) is 15.0 Å². The van der Waals surface area contributed by atoms with Crippen LogP contribution >= 0.6 is 0 Å². The van der Waals surface area contributed by atoms with Crippen LogP contribution in [0.5, 0.6) is 5.75 Å². The number of hydrogen-bond donors (Lipinski definition) is 2. The van der Waals surface area contributed by atoms with Gasteiger partial charge in [-0.1, -0.05) is 37.3 Å². The van der Waals surface area contributed by atoms with Gasteiger partial charge in [0.1, 0.15) is 11.6 Å². The number of hydrogen-bond acceptors (Lipinski definition) is 4. The summed E-state index contributed by atoms with van der Waals surface area (Å²) in [6.07, 6.45) is 3.05. The number of nitrogens with one attached hydrogen (secondary N) is 1. The molecule has 0 unspecified atom stereocenters. The number of rotatable bonds is 11. The third kappa shape index (κ3) is 6.95. The van der Waals surface area contributed by atoms with Crippen LogP contribution in [0.25, 0.3) is 11.1 Å². The van der Waals surface area contributed by atoms with Gasteiger partial charge < -0.3 is 14.7 Å². The number of aliphatic carboxylic acids is 1. The number of amidine groups is 1. The van der Waals surface area contributed by atoms with Crippen LogP contribution in [-0.2, 0) is 22.4 Å². The topological polar surface area (TPSA) is 90.7 Å². The van der Waals surface area contributed by atoms with Crippen molar-refractivity contribution in [3.8, 4) is 16.9 Å². The molecule has 166 valence electrons. The van der Waals surface area contributed by atoms with Crippen LogP contribution < -0.4 is 4.74 Å². The fourth-order valence-corrected chi connectivity index (χ4v) is 3.61. The second-order valence-electron chi connectivity index (χ2n) is 7.41. The second kappa shape index (κ2) is 11.9. The minimum Gasteiger partial charge on any atom is -0.496 e. The molecule has 0 radical (unpaired) electrons. The highest BCUT2D eigenvalue weighted by molar-refractivity contribution is 5.96. The molecule has 2 rings (SSSR count). The molecule has 0 aliphatic carbocycles. The number of ether oxygens (including phenoxy) is 1. The van der Waals surface area contributed by atoms with Crippen LogP contribution in [0, 0.1) is 5.41 Å². The van der Waals surface area contributed by atoms with Crippen LogP contribution in [0.3, 0.4) is 0 Å². The van der Waals surface area contributed by atoms with E-state index in [1.54, 1.807) is 12.0 Å². The maximum atomic E-state index is 11.9. The molecule has 0 heterocycles. The van der Waals surface area contributed by atoms with Crippen LogP contribution in [0.1, 0.15) is 50.7 Å². The van der Waals surface area contributed by atoms with Gasteiger partial charge in [-0.25, -0.2) is 0 Å². The minimum absolute atomic E-state index is 0.00675. The number of carbonyl (C=O) groups is 2. The highest BCUT2D eigenvalue weighted by Gasteiger charge is 2.14. The first-order valence-electron chi connectivity index (χ1n) is 10.7. The Hall–Kier alpha value is -3.15. The van der Waals surface area contributed by atoms with Crippen molar-refractivity contribution in [1.29, 1.82) is 5.41 Å². The number of carboxylic acids is 1. The first-order chi connectivity index (χ1) is 14.9. The molecule has 6 heteroatoms. The fraction of sp³-hybridized carbons (Fsp3) is 0.400. The molecule has 2 aromatic carbocycles. The predicted octanol–water partition coefficient (Wildman–Crippen LogP) is 4.94. The monoisotopic (exact) mass is 424 g/mol. The SMILES string of the molecule is CCC(=O)N(CC)C(=N)CCCc1cccc(-c2ccc(OC)c(CCC(=O)O)c2)c1. The number of carbonyl (C=O) groups excluding carboxylic acids is 1. The Morgan fingerprint density at radius 3 is 2.42 bits per heavy atom. The van der Waals surface area contributed by atoms with E-state index in [2.05, 4.69) is 12.1 Å². The van der Waals surface area contributed by atoms with Crippen molar-refractivity contribution < 1.29 is 19.4 Å². The van der Waals surface area contributed by atoms with E-state index >= 15 is 0 Å². The average Bonchev–Trinajstić information content (AvgIpc) is 2.78. The molecule has 0 aromatic heterocycles. The zero-order valence-corrected chi connectivity index (χ0v) is 18.6. The van der Waals surface area contributed by atoms with E-state index in [4.69, 9.17) is 15.3 Å². The summed E-state index contributed by atoms with van der Waals surface area (Å²) in [5.74, 6) is 0.237. The molecule has 0 spiro atoms. The quantitative estimate of drug-likeness (QED) is 0.395. The molecule has 0 atom stereocenters. The molecular formula is C25H32N2O4. The van der Waals surface area contributed by atoms with Crippen LogP contribution in [0.2, 0.25) is 0 Å². The summed E-state index contributed by atoms with van der Waals surface area (Å²) >= 11 is 0. The lowest BCUT2D eigenvalue weighted by molar-refractivity contribution is -0.137. The van der Waals surface area contributed by atoms with Crippen LogP contribution in [0.4, 0.5) is 0 Å². The third-order valence-electron chi connectivity index (χ3n) is 5.27. The maximum Gasteiger partial charge on any atom is 0.303 e. The highest BCUT2D eigenvalue weighted by Crippen LogP contribution is 2.28. The lowest BCUT2D eigenvalue weighted by Gasteiger charge is -2.21. The standard InChI is InChI=1S/C25H32N2O4/c1-4-24(28)27(5-2)23(26)11-7-9-18-8-6-10-19(16-18)20-12-14-22(31-3)21(17-20)13-15-25(29)30/h6,8,10,12,14,16-17,26H,4-5,7,9,11,13,15H2,1-3H3,(H,29,30). The molecule has 0 saturated heterocycles. The number of benzene rings is 2. The first kappa shape index (κ1) is 24.1. The van der Waals surface area contributed by atoms with E-state index in [9.17, 15) is 9.59 Å². The molecule has 2 aromatic rings. The summed E-state index contributed by atoms with van der Waals surface area (Å²) in [7, 11) is 1.59. The van der Waals surface area contributed by atoms with E-state index in [0.29, 0.717) is 37.4 Å². The van der Waals surface area contributed by atoms with Crippen molar-refractivity contribution in [3.05, 3.63) is 53.6 Å². The molecule has 0 aliphatic heterocycles. The minimum atomic E-state index is -0.831. The smallest absolute Gasteiger partial charge is 0.303 e. The molecule has 0 aliphatic rings. The van der Waals surface area contributed by atoms with Gasteiger partial charge in [0.2, 0.25) is 5.91 Å². The van der Waals surface area contributed by atoms with Gasteiger partial charge in [0.05, 0.1) is 7.11 Å².